The van der Waals surface area contributed by atoms with E-state index in [4.69, 9.17) is 4.74 Å². The Balaban J connectivity index is 1.51. The van der Waals surface area contributed by atoms with Crippen molar-refractivity contribution in [3.8, 4) is 5.75 Å². The molecule has 23 heavy (non-hydrogen) atoms. The Labute approximate surface area is 139 Å². The maximum absolute atomic E-state index is 10.4. The lowest BCUT2D eigenvalue weighted by Gasteiger charge is -2.24. The van der Waals surface area contributed by atoms with Crippen molar-refractivity contribution < 1.29 is 9.84 Å². The Morgan fingerprint density at radius 3 is 2.30 bits per heavy atom. The highest BCUT2D eigenvalue weighted by atomic mass is 16.5. The molecule has 1 unspecified atom stereocenters. The minimum Gasteiger partial charge on any atom is -0.489 e. The standard InChI is InChI=1S/C21H26O2/c22-21(15-17-7-3-1-4-8-17)19-11-13-20(14-12-19)23-16-18-9-5-2-6-10-18/h2,5-6,9-14,17,21-22H,1,3-4,7-8,15-16H2. The van der Waals surface area contributed by atoms with Crippen molar-refractivity contribution in [3.05, 3.63) is 65.7 Å². The molecule has 2 aromatic rings. The van der Waals surface area contributed by atoms with E-state index in [-0.39, 0.29) is 6.10 Å². The Morgan fingerprint density at radius 1 is 0.913 bits per heavy atom. The lowest BCUT2D eigenvalue weighted by molar-refractivity contribution is 0.131. The molecule has 0 saturated heterocycles. The molecule has 122 valence electrons. The topological polar surface area (TPSA) is 29.5 Å². The molecule has 0 heterocycles. The molecule has 2 heteroatoms. The van der Waals surface area contributed by atoms with Crippen molar-refractivity contribution in [3.63, 3.8) is 0 Å². The molecule has 0 bridgehead atoms. The van der Waals surface area contributed by atoms with Crippen LogP contribution < -0.4 is 4.74 Å². The van der Waals surface area contributed by atoms with E-state index in [0.717, 1.165) is 23.3 Å². The summed E-state index contributed by atoms with van der Waals surface area (Å²) in [5.74, 6) is 1.54. The molecule has 1 aliphatic rings. The normalized spacial score (nSPS) is 16.9. The average molecular weight is 310 g/mol. The zero-order valence-electron chi connectivity index (χ0n) is 13.7. The lowest BCUT2D eigenvalue weighted by Crippen LogP contribution is -2.11. The molecular formula is C21H26O2. The van der Waals surface area contributed by atoms with Gasteiger partial charge in [-0.3, -0.25) is 0 Å². The van der Waals surface area contributed by atoms with Crippen molar-refractivity contribution in [1.29, 1.82) is 0 Å². The summed E-state index contributed by atoms with van der Waals surface area (Å²) in [4.78, 5) is 0. The monoisotopic (exact) mass is 310 g/mol. The van der Waals surface area contributed by atoms with Gasteiger partial charge in [0.1, 0.15) is 12.4 Å². The maximum Gasteiger partial charge on any atom is 0.119 e. The SMILES string of the molecule is OC(CC1CCCCC1)c1ccc(OCc2ccccc2)cc1. The molecular weight excluding hydrogens is 284 g/mol. The predicted molar refractivity (Wildman–Crippen MR) is 93.4 cm³/mol. The summed E-state index contributed by atoms with van der Waals surface area (Å²) in [5.41, 5.74) is 2.16. The average Bonchev–Trinajstić information content (AvgIpc) is 2.62. The molecule has 1 N–H and O–H groups in total. The smallest absolute Gasteiger partial charge is 0.119 e. The van der Waals surface area contributed by atoms with Crippen LogP contribution in [0.5, 0.6) is 5.75 Å². The predicted octanol–water partition coefficient (Wildman–Crippen LogP) is 5.27. The molecule has 0 aromatic heterocycles. The van der Waals surface area contributed by atoms with Gasteiger partial charge < -0.3 is 9.84 Å². The Morgan fingerprint density at radius 2 is 1.61 bits per heavy atom. The number of hydrogen-bond donors (Lipinski definition) is 1. The third kappa shape index (κ3) is 4.84. The van der Waals surface area contributed by atoms with Crippen LogP contribution in [-0.4, -0.2) is 5.11 Å². The molecule has 0 radical (unpaired) electrons. The first-order valence-corrected chi connectivity index (χ1v) is 8.76. The number of ether oxygens (including phenoxy) is 1. The molecule has 0 amide bonds. The first-order chi connectivity index (χ1) is 11.3. The summed E-state index contributed by atoms with van der Waals surface area (Å²) in [7, 11) is 0. The highest BCUT2D eigenvalue weighted by molar-refractivity contribution is 5.29. The van der Waals surface area contributed by atoms with Crippen molar-refractivity contribution in [2.75, 3.05) is 0 Å². The minimum absolute atomic E-state index is 0.346. The Bertz CT molecular complexity index is 571. The second-order valence-electron chi connectivity index (χ2n) is 6.60. The fraction of sp³-hybridized carbons (Fsp3) is 0.429. The molecule has 0 spiro atoms. The maximum atomic E-state index is 10.4. The third-order valence-electron chi connectivity index (χ3n) is 4.79. The van der Waals surface area contributed by atoms with E-state index in [2.05, 4.69) is 12.1 Å². The molecule has 2 nitrogen and oxygen atoms in total. The van der Waals surface area contributed by atoms with Crippen LogP contribution in [0.1, 0.15) is 55.8 Å². The molecule has 1 aliphatic carbocycles. The Kier molecular flexibility index (Phi) is 5.71. The molecule has 1 atom stereocenters. The van der Waals surface area contributed by atoms with E-state index in [9.17, 15) is 5.11 Å². The van der Waals surface area contributed by atoms with Gasteiger partial charge in [-0.05, 0) is 35.6 Å². The van der Waals surface area contributed by atoms with Crippen LogP contribution >= 0.6 is 0 Å². The number of aliphatic hydroxyl groups is 1. The van der Waals surface area contributed by atoms with Gasteiger partial charge in [0.2, 0.25) is 0 Å². The summed E-state index contributed by atoms with van der Waals surface area (Å²) in [6.45, 7) is 0.574. The zero-order valence-corrected chi connectivity index (χ0v) is 13.7. The second kappa shape index (κ2) is 8.16. The summed E-state index contributed by atoms with van der Waals surface area (Å²) in [5, 5.41) is 10.4. The van der Waals surface area contributed by atoms with E-state index >= 15 is 0 Å². The van der Waals surface area contributed by atoms with Gasteiger partial charge in [-0.25, -0.2) is 0 Å². The summed E-state index contributed by atoms with van der Waals surface area (Å²) in [6, 6.07) is 18.1. The van der Waals surface area contributed by atoms with Gasteiger partial charge in [0.05, 0.1) is 6.10 Å². The summed E-state index contributed by atoms with van der Waals surface area (Å²) in [6.07, 6.45) is 7.10. The highest BCUT2D eigenvalue weighted by Gasteiger charge is 2.18. The van der Waals surface area contributed by atoms with Crippen LogP contribution in [0.4, 0.5) is 0 Å². The minimum atomic E-state index is -0.346. The van der Waals surface area contributed by atoms with Gasteiger partial charge in [-0.15, -0.1) is 0 Å². The first kappa shape index (κ1) is 16.1. The van der Waals surface area contributed by atoms with E-state index in [1.165, 1.54) is 32.1 Å². The molecule has 1 fully saturated rings. The van der Waals surface area contributed by atoms with Crippen LogP contribution in [0.2, 0.25) is 0 Å². The highest BCUT2D eigenvalue weighted by Crippen LogP contribution is 2.32. The van der Waals surface area contributed by atoms with Crippen molar-refractivity contribution in [1.82, 2.24) is 0 Å². The number of hydrogen-bond acceptors (Lipinski definition) is 2. The van der Waals surface area contributed by atoms with Crippen LogP contribution in [0, 0.1) is 5.92 Å². The fourth-order valence-electron chi connectivity index (χ4n) is 3.40. The Hall–Kier alpha value is -1.80. The lowest BCUT2D eigenvalue weighted by atomic mass is 9.84. The van der Waals surface area contributed by atoms with Crippen molar-refractivity contribution in [2.24, 2.45) is 5.92 Å². The van der Waals surface area contributed by atoms with E-state index in [0.29, 0.717) is 12.5 Å². The quantitative estimate of drug-likeness (QED) is 0.787. The molecule has 3 rings (SSSR count). The fourth-order valence-corrected chi connectivity index (χ4v) is 3.40. The van der Waals surface area contributed by atoms with Gasteiger partial charge in [-0.2, -0.15) is 0 Å². The third-order valence-corrected chi connectivity index (χ3v) is 4.79. The first-order valence-electron chi connectivity index (χ1n) is 8.76. The van der Waals surface area contributed by atoms with Crippen LogP contribution in [0.25, 0.3) is 0 Å². The van der Waals surface area contributed by atoms with Crippen molar-refractivity contribution in [2.45, 2.75) is 51.2 Å². The van der Waals surface area contributed by atoms with E-state index in [1.807, 2.05) is 42.5 Å². The van der Waals surface area contributed by atoms with Gasteiger partial charge in [-0.1, -0.05) is 74.6 Å². The van der Waals surface area contributed by atoms with E-state index < -0.39 is 0 Å². The zero-order chi connectivity index (χ0) is 15.9. The van der Waals surface area contributed by atoms with Gasteiger partial charge in [0.25, 0.3) is 0 Å². The van der Waals surface area contributed by atoms with Crippen molar-refractivity contribution >= 4 is 0 Å². The van der Waals surface area contributed by atoms with E-state index in [1.54, 1.807) is 0 Å². The van der Waals surface area contributed by atoms with Crippen LogP contribution in [-0.2, 0) is 6.61 Å². The second-order valence-corrected chi connectivity index (χ2v) is 6.60. The number of rotatable bonds is 6. The van der Waals surface area contributed by atoms with Gasteiger partial charge >= 0.3 is 0 Å². The van der Waals surface area contributed by atoms with Crippen LogP contribution in [0.15, 0.2) is 54.6 Å². The van der Waals surface area contributed by atoms with Crippen LogP contribution in [0.3, 0.4) is 0 Å². The molecule has 1 saturated carbocycles. The number of aliphatic hydroxyl groups excluding tert-OH is 1. The molecule has 0 aliphatic heterocycles. The molecule has 2 aromatic carbocycles. The summed E-state index contributed by atoms with van der Waals surface area (Å²) >= 11 is 0. The summed E-state index contributed by atoms with van der Waals surface area (Å²) < 4.78 is 5.80. The van der Waals surface area contributed by atoms with Gasteiger partial charge in [0.15, 0.2) is 0 Å². The van der Waals surface area contributed by atoms with Gasteiger partial charge in [0, 0.05) is 0 Å². The number of benzene rings is 2. The largest absolute Gasteiger partial charge is 0.489 e.